The quantitative estimate of drug-likeness (QED) is 0.904. The van der Waals surface area contributed by atoms with Crippen molar-refractivity contribution in [3.05, 3.63) is 41.0 Å². The number of aromatic nitrogens is 1. The van der Waals surface area contributed by atoms with Gasteiger partial charge in [-0.25, -0.2) is 4.98 Å². The lowest BCUT2D eigenvalue weighted by molar-refractivity contribution is 0.0776. The van der Waals surface area contributed by atoms with E-state index in [2.05, 4.69) is 15.6 Å². The highest BCUT2D eigenvalue weighted by Crippen LogP contribution is 2.18. The van der Waals surface area contributed by atoms with Crippen LogP contribution >= 0.6 is 11.6 Å². The summed E-state index contributed by atoms with van der Waals surface area (Å²) in [6.45, 7) is 1.44. The van der Waals surface area contributed by atoms with Crippen LogP contribution in [0, 0.1) is 0 Å². The van der Waals surface area contributed by atoms with Crippen LogP contribution in [0.3, 0.4) is 0 Å². The number of nitrogens with zero attached hydrogens (tertiary/aromatic N) is 1. The summed E-state index contributed by atoms with van der Waals surface area (Å²) in [7, 11) is 1.65. The van der Waals surface area contributed by atoms with Crippen LogP contribution < -0.4 is 10.6 Å². The standard InChI is InChI=1S/C15H16ClN3O2/c1-21-14-8-17-7-13(14)19-15(20)11-5-3-9-2-4-10(16)6-12(9)18-11/h2-6,13-14,17H,7-8H2,1H3,(H,19,20)/t13-,14-/m0/s1. The third-order valence-corrected chi connectivity index (χ3v) is 3.90. The molecule has 0 bridgehead atoms. The lowest BCUT2D eigenvalue weighted by Gasteiger charge is -2.18. The number of rotatable bonds is 3. The number of nitrogens with one attached hydrogen (secondary N) is 2. The highest BCUT2D eigenvalue weighted by atomic mass is 35.5. The molecule has 1 aliphatic rings. The predicted octanol–water partition coefficient (Wildman–Crippen LogP) is 1.60. The maximum atomic E-state index is 12.3. The molecule has 2 atom stereocenters. The van der Waals surface area contributed by atoms with E-state index >= 15 is 0 Å². The SMILES string of the molecule is CO[C@H]1CNC[C@@H]1NC(=O)c1ccc2ccc(Cl)cc2n1. The Bertz CT molecular complexity index is 677. The maximum absolute atomic E-state index is 12.3. The van der Waals surface area contributed by atoms with Crippen molar-refractivity contribution in [1.29, 1.82) is 0 Å². The third kappa shape index (κ3) is 3.00. The van der Waals surface area contributed by atoms with Crippen LogP contribution in [0.25, 0.3) is 10.9 Å². The molecule has 0 spiro atoms. The monoisotopic (exact) mass is 305 g/mol. The molecule has 6 heteroatoms. The Morgan fingerprint density at radius 3 is 3.00 bits per heavy atom. The fourth-order valence-electron chi connectivity index (χ4n) is 2.51. The molecule has 2 heterocycles. The number of carbonyl (C=O) groups excluding carboxylic acids is 1. The first-order chi connectivity index (χ1) is 10.2. The number of hydrogen-bond acceptors (Lipinski definition) is 4. The Labute approximate surface area is 127 Å². The van der Waals surface area contributed by atoms with Crippen molar-refractivity contribution < 1.29 is 9.53 Å². The summed E-state index contributed by atoms with van der Waals surface area (Å²) in [5.41, 5.74) is 1.09. The Morgan fingerprint density at radius 2 is 2.19 bits per heavy atom. The molecule has 1 fully saturated rings. The molecule has 21 heavy (non-hydrogen) atoms. The van der Waals surface area contributed by atoms with Gasteiger partial charge in [0.1, 0.15) is 5.69 Å². The first kappa shape index (κ1) is 14.3. The number of pyridine rings is 1. The second-order valence-electron chi connectivity index (χ2n) is 5.05. The van der Waals surface area contributed by atoms with E-state index in [1.165, 1.54) is 0 Å². The minimum Gasteiger partial charge on any atom is -0.378 e. The van der Waals surface area contributed by atoms with E-state index in [4.69, 9.17) is 16.3 Å². The van der Waals surface area contributed by atoms with E-state index in [0.717, 1.165) is 11.9 Å². The summed E-state index contributed by atoms with van der Waals surface area (Å²) in [5, 5.41) is 7.70. The van der Waals surface area contributed by atoms with Gasteiger partial charge in [-0.05, 0) is 18.2 Å². The topological polar surface area (TPSA) is 63.2 Å². The van der Waals surface area contributed by atoms with E-state index in [1.54, 1.807) is 25.3 Å². The molecule has 0 saturated carbocycles. The van der Waals surface area contributed by atoms with Gasteiger partial charge in [-0.2, -0.15) is 0 Å². The van der Waals surface area contributed by atoms with Gasteiger partial charge < -0.3 is 15.4 Å². The Balaban J connectivity index is 1.81. The second-order valence-corrected chi connectivity index (χ2v) is 5.48. The molecule has 2 N–H and O–H groups in total. The number of ether oxygens (including phenoxy) is 1. The number of amides is 1. The lowest BCUT2D eigenvalue weighted by Crippen LogP contribution is -2.43. The summed E-state index contributed by atoms with van der Waals surface area (Å²) >= 11 is 5.96. The molecule has 1 aromatic heterocycles. The van der Waals surface area contributed by atoms with Crippen molar-refractivity contribution in [2.75, 3.05) is 20.2 Å². The first-order valence-electron chi connectivity index (χ1n) is 6.78. The minimum atomic E-state index is -0.201. The zero-order valence-electron chi connectivity index (χ0n) is 11.6. The van der Waals surface area contributed by atoms with Crippen molar-refractivity contribution in [3.63, 3.8) is 0 Å². The Hall–Kier alpha value is -1.69. The molecule has 1 amide bonds. The lowest BCUT2D eigenvalue weighted by atomic mass is 10.1. The van der Waals surface area contributed by atoms with Gasteiger partial charge in [0, 0.05) is 30.6 Å². The van der Waals surface area contributed by atoms with Crippen LogP contribution in [0.2, 0.25) is 5.02 Å². The van der Waals surface area contributed by atoms with Crippen LogP contribution in [-0.2, 0) is 4.74 Å². The van der Waals surface area contributed by atoms with Crippen molar-refractivity contribution in [1.82, 2.24) is 15.6 Å². The van der Waals surface area contributed by atoms with Gasteiger partial charge in [-0.15, -0.1) is 0 Å². The van der Waals surface area contributed by atoms with Gasteiger partial charge in [-0.3, -0.25) is 4.79 Å². The average Bonchev–Trinajstić information content (AvgIpc) is 2.93. The van der Waals surface area contributed by atoms with Gasteiger partial charge in [0.05, 0.1) is 17.7 Å². The maximum Gasteiger partial charge on any atom is 0.270 e. The molecule has 1 saturated heterocycles. The Morgan fingerprint density at radius 1 is 1.38 bits per heavy atom. The third-order valence-electron chi connectivity index (χ3n) is 3.66. The molecule has 2 aromatic rings. The van der Waals surface area contributed by atoms with Crippen LogP contribution in [-0.4, -0.2) is 43.2 Å². The van der Waals surface area contributed by atoms with Crippen molar-refractivity contribution in [2.24, 2.45) is 0 Å². The van der Waals surface area contributed by atoms with Crippen LogP contribution in [0.5, 0.6) is 0 Å². The molecule has 110 valence electrons. The fourth-order valence-corrected chi connectivity index (χ4v) is 2.67. The zero-order chi connectivity index (χ0) is 14.8. The number of hydrogen-bond donors (Lipinski definition) is 2. The van der Waals surface area contributed by atoms with E-state index < -0.39 is 0 Å². The van der Waals surface area contributed by atoms with Gasteiger partial charge in [-0.1, -0.05) is 23.7 Å². The second kappa shape index (κ2) is 5.97. The van der Waals surface area contributed by atoms with Crippen molar-refractivity contribution in [3.8, 4) is 0 Å². The number of benzene rings is 1. The molecular weight excluding hydrogens is 290 g/mol. The summed E-state index contributed by atoms with van der Waals surface area (Å²) in [5.74, 6) is -0.201. The van der Waals surface area contributed by atoms with E-state index in [0.29, 0.717) is 22.8 Å². The number of halogens is 1. The molecule has 5 nitrogen and oxygen atoms in total. The highest BCUT2D eigenvalue weighted by Gasteiger charge is 2.28. The normalized spacial score (nSPS) is 21.6. The van der Waals surface area contributed by atoms with E-state index in [9.17, 15) is 4.79 Å². The minimum absolute atomic E-state index is 0.0103. The number of fused-ring (bicyclic) bond motifs is 1. The van der Waals surface area contributed by atoms with E-state index in [-0.39, 0.29) is 18.1 Å². The van der Waals surface area contributed by atoms with Gasteiger partial charge >= 0.3 is 0 Å². The molecule has 0 radical (unpaired) electrons. The largest absolute Gasteiger partial charge is 0.378 e. The van der Waals surface area contributed by atoms with Gasteiger partial charge in [0.25, 0.3) is 5.91 Å². The molecular formula is C15H16ClN3O2. The summed E-state index contributed by atoms with van der Waals surface area (Å²) in [6, 6.07) is 8.99. The highest BCUT2D eigenvalue weighted by molar-refractivity contribution is 6.31. The summed E-state index contributed by atoms with van der Waals surface area (Å²) < 4.78 is 5.33. The summed E-state index contributed by atoms with van der Waals surface area (Å²) in [6.07, 6.45) is -0.0103. The van der Waals surface area contributed by atoms with Gasteiger partial charge in [0.2, 0.25) is 0 Å². The zero-order valence-corrected chi connectivity index (χ0v) is 12.4. The molecule has 1 aromatic carbocycles. The van der Waals surface area contributed by atoms with Crippen molar-refractivity contribution in [2.45, 2.75) is 12.1 Å². The molecule has 0 aliphatic carbocycles. The molecule has 1 aliphatic heterocycles. The fraction of sp³-hybridized carbons (Fsp3) is 0.333. The molecule has 0 unspecified atom stereocenters. The van der Waals surface area contributed by atoms with Crippen LogP contribution in [0.15, 0.2) is 30.3 Å². The van der Waals surface area contributed by atoms with Crippen LogP contribution in [0.4, 0.5) is 0 Å². The Kier molecular flexibility index (Phi) is 4.05. The molecule has 3 rings (SSSR count). The number of carbonyl (C=O) groups is 1. The summed E-state index contributed by atoms with van der Waals surface area (Å²) in [4.78, 5) is 16.7. The van der Waals surface area contributed by atoms with E-state index in [1.807, 2.05) is 12.1 Å². The van der Waals surface area contributed by atoms with Gasteiger partial charge in [0.15, 0.2) is 0 Å². The number of methoxy groups -OCH3 is 1. The predicted molar refractivity (Wildman–Crippen MR) is 81.7 cm³/mol. The first-order valence-corrected chi connectivity index (χ1v) is 7.16. The average molecular weight is 306 g/mol. The van der Waals surface area contributed by atoms with Crippen molar-refractivity contribution >= 4 is 28.4 Å². The smallest absolute Gasteiger partial charge is 0.270 e. The van der Waals surface area contributed by atoms with Crippen LogP contribution in [0.1, 0.15) is 10.5 Å².